The number of likely N-dealkylation sites (tertiary alicyclic amines) is 2. The zero-order valence-electron chi connectivity index (χ0n) is 12.1. The van der Waals surface area contributed by atoms with Gasteiger partial charge in [-0.05, 0) is 20.8 Å². The Bertz CT molecular complexity index is 321. The van der Waals surface area contributed by atoms with E-state index >= 15 is 0 Å². The van der Waals surface area contributed by atoms with E-state index in [2.05, 4.69) is 25.7 Å². The molecule has 2 saturated heterocycles. The van der Waals surface area contributed by atoms with Crippen molar-refractivity contribution in [3.05, 3.63) is 0 Å². The molecule has 0 radical (unpaired) electrons. The minimum atomic E-state index is -0.227. The van der Waals surface area contributed by atoms with Crippen LogP contribution in [0.1, 0.15) is 41.5 Å². The van der Waals surface area contributed by atoms with Crippen molar-refractivity contribution in [1.82, 2.24) is 9.80 Å². The first kappa shape index (κ1) is 12.9. The second-order valence-corrected chi connectivity index (χ2v) is 7.94. The molecule has 1 spiro atoms. The molecule has 0 saturated carbocycles. The summed E-state index contributed by atoms with van der Waals surface area (Å²) in [5.41, 5.74) is 0.475. The largest absolute Gasteiger partial charge is 0.341 e. The van der Waals surface area contributed by atoms with Crippen molar-refractivity contribution < 1.29 is 4.79 Å². The number of carbonyl (C=O) groups excluding carboxylic acids is 1. The summed E-state index contributed by atoms with van der Waals surface area (Å²) >= 11 is 0. The normalized spacial score (nSPS) is 24.5. The van der Waals surface area contributed by atoms with Crippen LogP contribution in [0, 0.1) is 10.8 Å². The van der Waals surface area contributed by atoms with Gasteiger partial charge in [-0.1, -0.05) is 20.8 Å². The van der Waals surface area contributed by atoms with Gasteiger partial charge in [0.1, 0.15) is 0 Å². The van der Waals surface area contributed by atoms with Gasteiger partial charge in [0.25, 0.3) is 0 Å². The minimum Gasteiger partial charge on any atom is -0.341 e. The molecule has 0 bridgehead atoms. The maximum Gasteiger partial charge on any atom is 0.227 e. The van der Waals surface area contributed by atoms with Crippen LogP contribution in [0.4, 0.5) is 0 Å². The van der Waals surface area contributed by atoms with Gasteiger partial charge in [0, 0.05) is 42.5 Å². The molecule has 0 aromatic carbocycles. The van der Waals surface area contributed by atoms with Crippen molar-refractivity contribution >= 4 is 5.91 Å². The van der Waals surface area contributed by atoms with E-state index in [9.17, 15) is 4.79 Å². The maximum atomic E-state index is 12.1. The predicted octanol–water partition coefficient (Wildman–Crippen LogP) is 1.98. The van der Waals surface area contributed by atoms with Gasteiger partial charge in [-0.25, -0.2) is 0 Å². The van der Waals surface area contributed by atoms with E-state index in [0.717, 1.165) is 26.2 Å². The summed E-state index contributed by atoms with van der Waals surface area (Å²) in [6, 6.07) is 0. The van der Waals surface area contributed by atoms with Crippen molar-refractivity contribution in [2.24, 2.45) is 10.8 Å². The molecule has 0 aliphatic carbocycles. The van der Waals surface area contributed by atoms with E-state index in [0.29, 0.717) is 11.3 Å². The quantitative estimate of drug-likeness (QED) is 0.644. The molecule has 0 aromatic heterocycles. The van der Waals surface area contributed by atoms with Gasteiger partial charge >= 0.3 is 0 Å². The molecule has 98 valence electrons. The van der Waals surface area contributed by atoms with Crippen LogP contribution in [0.15, 0.2) is 0 Å². The lowest BCUT2D eigenvalue weighted by Crippen LogP contribution is -2.76. The van der Waals surface area contributed by atoms with Gasteiger partial charge in [0.2, 0.25) is 5.91 Å². The first-order chi connectivity index (χ1) is 7.54. The summed E-state index contributed by atoms with van der Waals surface area (Å²) in [4.78, 5) is 16.6. The molecule has 3 heteroatoms. The zero-order chi connectivity index (χ0) is 13.1. The monoisotopic (exact) mass is 238 g/mol. The molecule has 0 atom stereocenters. The minimum absolute atomic E-state index is 0.227. The van der Waals surface area contributed by atoms with E-state index < -0.39 is 0 Å². The van der Waals surface area contributed by atoms with Crippen LogP contribution in [-0.2, 0) is 4.79 Å². The SMILES string of the molecule is CC(C)(C)C(=O)N1CC2(C1)CN(C(C)(C)C)C2. The molecule has 0 N–H and O–H groups in total. The summed E-state index contributed by atoms with van der Waals surface area (Å²) in [7, 11) is 0. The fourth-order valence-electron chi connectivity index (χ4n) is 2.82. The van der Waals surface area contributed by atoms with Crippen molar-refractivity contribution in [3.8, 4) is 0 Å². The molecule has 2 aliphatic heterocycles. The second-order valence-electron chi connectivity index (χ2n) is 7.94. The summed E-state index contributed by atoms with van der Waals surface area (Å²) in [6.07, 6.45) is 0. The van der Waals surface area contributed by atoms with Gasteiger partial charge in [-0.3, -0.25) is 9.69 Å². The van der Waals surface area contributed by atoms with Gasteiger partial charge in [-0.15, -0.1) is 0 Å². The second kappa shape index (κ2) is 3.47. The standard InChI is InChI=1S/C14H26N2O/c1-12(2,3)11(17)15-7-14(8-15)9-16(10-14)13(4,5)6/h7-10H2,1-6H3. The van der Waals surface area contributed by atoms with E-state index in [1.54, 1.807) is 0 Å². The first-order valence-corrected chi connectivity index (χ1v) is 6.58. The molecule has 2 heterocycles. The molecule has 3 nitrogen and oxygen atoms in total. The number of amides is 1. The average Bonchev–Trinajstić information content (AvgIpc) is 1.93. The molecule has 17 heavy (non-hydrogen) atoms. The lowest BCUT2D eigenvalue weighted by molar-refractivity contribution is -0.175. The molecular weight excluding hydrogens is 212 g/mol. The first-order valence-electron chi connectivity index (χ1n) is 6.58. The summed E-state index contributed by atoms with van der Waals surface area (Å²) in [5, 5.41) is 0. The molecular formula is C14H26N2O. The maximum absolute atomic E-state index is 12.1. The number of carbonyl (C=O) groups is 1. The van der Waals surface area contributed by atoms with E-state index in [1.807, 2.05) is 25.7 Å². The fourth-order valence-corrected chi connectivity index (χ4v) is 2.82. The molecule has 0 unspecified atom stereocenters. The van der Waals surface area contributed by atoms with E-state index in [1.165, 1.54) is 0 Å². The molecule has 2 fully saturated rings. The summed E-state index contributed by atoms with van der Waals surface area (Å²) in [5.74, 6) is 0.303. The van der Waals surface area contributed by atoms with Crippen LogP contribution >= 0.6 is 0 Å². The Hall–Kier alpha value is -0.570. The highest BCUT2D eigenvalue weighted by Gasteiger charge is 2.55. The number of nitrogens with zero attached hydrogens (tertiary/aromatic N) is 2. The third-order valence-corrected chi connectivity index (χ3v) is 3.98. The van der Waals surface area contributed by atoms with Gasteiger partial charge in [0.15, 0.2) is 0 Å². The smallest absolute Gasteiger partial charge is 0.227 e. The lowest BCUT2D eigenvalue weighted by atomic mass is 9.70. The van der Waals surface area contributed by atoms with Crippen molar-refractivity contribution in [2.45, 2.75) is 47.1 Å². The third-order valence-electron chi connectivity index (χ3n) is 3.98. The number of hydrogen-bond donors (Lipinski definition) is 0. The highest BCUT2D eigenvalue weighted by atomic mass is 16.2. The topological polar surface area (TPSA) is 23.6 Å². The number of rotatable bonds is 0. The summed E-state index contributed by atoms with van der Waals surface area (Å²) in [6.45, 7) is 17.0. The highest BCUT2D eigenvalue weighted by Crippen LogP contribution is 2.43. The summed E-state index contributed by atoms with van der Waals surface area (Å²) < 4.78 is 0. The Morgan fingerprint density at radius 3 is 1.76 bits per heavy atom. The zero-order valence-corrected chi connectivity index (χ0v) is 12.1. The van der Waals surface area contributed by atoms with Crippen molar-refractivity contribution in [3.63, 3.8) is 0 Å². The number of hydrogen-bond acceptors (Lipinski definition) is 2. The Morgan fingerprint density at radius 2 is 1.41 bits per heavy atom. The van der Waals surface area contributed by atoms with Crippen LogP contribution in [0.25, 0.3) is 0 Å². The molecule has 1 amide bonds. The van der Waals surface area contributed by atoms with Crippen LogP contribution in [0.3, 0.4) is 0 Å². The van der Waals surface area contributed by atoms with Gasteiger partial charge in [0.05, 0.1) is 0 Å². The van der Waals surface area contributed by atoms with Crippen LogP contribution in [-0.4, -0.2) is 47.4 Å². The van der Waals surface area contributed by atoms with Crippen LogP contribution in [0.5, 0.6) is 0 Å². The molecule has 2 aliphatic rings. The average molecular weight is 238 g/mol. The van der Waals surface area contributed by atoms with Crippen molar-refractivity contribution in [2.75, 3.05) is 26.2 Å². The van der Waals surface area contributed by atoms with E-state index in [-0.39, 0.29) is 11.0 Å². The highest BCUT2D eigenvalue weighted by molar-refractivity contribution is 5.82. The Balaban J connectivity index is 1.84. The third kappa shape index (κ3) is 2.22. The predicted molar refractivity (Wildman–Crippen MR) is 69.8 cm³/mol. The van der Waals surface area contributed by atoms with Gasteiger partial charge < -0.3 is 4.90 Å². The molecule has 0 aromatic rings. The van der Waals surface area contributed by atoms with Gasteiger partial charge in [-0.2, -0.15) is 0 Å². The lowest BCUT2D eigenvalue weighted by Gasteiger charge is -2.64. The van der Waals surface area contributed by atoms with Crippen LogP contribution in [0.2, 0.25) is 0 Å². The van der Waals surface area contributed by atoms with E-state index in [4.69, 9.17) is 0 Å². The Labute approximate surface area is 105 Å². The van der Waals surface area contributed by atoms with Crippen molar-refractivity contribution in [1.29, 1.82) is 0 Å². The Kier molecular flexibility index (Phi) is 2.63. The fraction of sp³-hybridized carbons (Fsp3) is 0.929. The Morgan fingerprint density at radius 1 is 0.941 bits per heavy atom. The van der Waals surface area contributed by atoms with Crippen LogP contribution < -0.4 is 0 Å². The molecule has 2 rings (SSSR count).